The minimum Gasteiger partial charge on any atom is -0.316 e. The summed E-state index contributed by atoms with van der Waals surface area (Å²) >= 11 is 0. The van der Waals surface area contributed by atoms with Gasteiger partial charge in [0.1, 0.15) is 5.69 Å². The Bertz CT molecular complexity index is 675. The highest BCUT2D eigenvalue weighted by Crippen LogP contribution is 2.27. The molecule has 0 aliphatic carbocycles. The molecule has 2 aromatic carbocycles. The van der Waals surface area contributed by atoms with E-state index in [9.17, 15) is 23.7 Å². The number of nitrogens with zero attached hydrogens (tertiary/aromatic N) is 1. The number of hydrogen-bond donors (Lipinski definition) is 1. The normalized spacial score (nSPS) is 10.1. The average Bonchev–Trinajstić information content (AvgIpc) is 2.43. The lowest BCUT2D eigenvalue weighted by Gasteiger charge is -2.06. The van der Waals surface area contributed by atoms with Gasteiger partial charge in [-0.15, -0.1) is 0 Å². The van der Waals surface area contributed by atoms with Gasteiger partial charge in [0.2, 0.25) is 0 Å². The maximum atomic E-state index is 13.1. The van der Waals surface area contributed by atoms with Crippen LogP contribution >= 0.6 is 0 Å². The van der Waals surface area contributed by atoms with Crippen LogP contribution in [-0.2, 0) is 0 Å². The van der Waals surface area contributed by atoms with Gasteiger partial charge in [-0.05, 0) is 12.1 Å². The molecule has 0 aromatic heterocycles. The average molecular weight is 278 g/mol. The third-order valence-electron chi connectivity index (χ3n) is 2.52. The fourth-order valence-electron chi connectivity index (χ4n) is 1.57. The second-order valence-electron chi connectivity index (χ2n) is 3.86. The molecule has 2 aromatic rings. The largest absolute Gasteiger partial charge is 0.316 e. The van der Waals surface area contributed by atoms with Gasteiger partial charge in [-0.25, -0.2) is 8.78 Å². The molecule has 2 rings (SSSR count). The molecule has 0 aliphatic heterocycles. The lowest BCUT2D eigenvalue weighted by atomic mass is 10.2. The summed E-state index contributed by atoms with van der Waals surface area (Å²) in [4.78, 5) is 21.7. The van der Waals surface area contributed by atoms with Gasteiger partial charge in [0.25, 0.3) is 11.6 Å². The first kappa shape index (κ1) is 13.6. The van der Waals surface area contributed by atoms with Crippen LogP contribution in [-0.4, -0.2) is 10.8 Å². The molecular weight excluding hydrogens is 270 g/mol. The standard InChI is InChI=1S/C13H8F2N2O3/c14-9-6-11(12(17(19)20)7-10(9)15)16-13(18)8-4-2-1-3-5-8/h1-7H,(H,16,18). The number of benzene rings is 2. The van der Waals surface area contributed by atoms with Gasteiger partial charge in [0, 0.05) is 11.6 Å². The first-order valence-electron chi connectivity index (χ1n) is 5.49. The monoisotopic (exact) mass is 278 g/mol. The summed E-state index contributed by atoms with van der Waals surface area (Å²) < 4.78 is 26.1. The molecule has 0 saturated heterocycles. The molecule has 0 atom stereocenters. The lowest BCUT2D eigenvalue weighted by molar-refractivity contribution is -0.384. The summed E-state index contributed by atoms with van der Waals surface area (Å²) in [6, 6.07) is 8.88. The van der Waals surface area contributed by atoms with Crippen LogP contribution in [0.3, 0.4) is 0 Å². The maximum absolute atomic E-state index is 13.1. The molecule has 20 heavy (non-hydrogen) atoms. The van der Waals surface area contributed by atoms with E-state index in [0.717, 1.165) is 0 Å². The van der Waals surface area contributed by atoms with Crippen LogP contribution in [0.2, 0.25) is 0 Å². The fraction of sp³-hybridized carbons (Fsp3) is 0. The van der Waals surface area contributed by atoms with E-state index in [1.165, 1.54) is 12.1 Å². The number of nitro benzene ring substituents is 1. The van der Waals surface area contributed by atoms with Gasteiger partial charge < -0.3 is 5.32 Å². The summed E-state index contributed by atoms with van der Waals surface area (Å²) in [6.45, 7) is 0. The first-order chi connectivity index (χ1) is 9.49. The van der Waals surface area contributed by atoms with E-state index in [0.29, 0.717) is 12.1 Å². The van der Waals surface area contributed by atoms with Gasteiger partial charge in [-0.3, -0.25) is 14.9 Å². The van der Waals surface area contributed by atoms with E-state index in [1.807, 2.05) is 0 Å². The molecule has 0 bridgehead atoms. The number of amides is 1. The Balaban J connectivity index is 2.36. The van der Waals surface area contributed by atoms with Crippen molar-refractivity contribution in [2.75, 3.05) is 5.32 Å². The number of halogens is 2. The van der Waals surface area contributed by atoms with Crippen molar-refractivity contribution in [2.24, 2.45) is 0 Å². The zero-order valence-corrected chi connectivity index (χ0v) is 9.97. The van der Waals surface area contributed by atoms with Crippen molar-refractivity contribution in [3.05, 3.63) is 69.8 Å². The number of carbonyl (C=O) groups is 1. The van der Waals surface area contributed by atoms with Gasteiger partial charge in [-0.2, -0.15) is 0 Å². The van der Waals surface area contributed by atoms with E-state index in [4.69, 9.17) is 0 Å². The SMILES string of the molecule is O=C(Nc1cc(F)c(F)cc1[N+](=O)[O-])c1ccccc1. The van der Waals surface area contributed by atoms with E-state index in [-0.39, 0.29) is 5.56 Å². The Morgan fingerprint density at radius 3 is 2.30 bits per heavy atom. The second kappa shape index (κ2) is 5.43. The van der Waals surface area contributed by atoms with Crippen LogP contribution in [0.15, 0.2) is 42.5 Å². The van der Waals surface area contributed by atoms with Crippen molar-refractivity contribution >= 4 is 17.3 Å². The number of hydrogen-bond acceptors (Lipinski definition) is 3. The topological polar surface area (TPSA) is 72.2 Å². The Labute approximate surface area is 112 Å². The quantitative estimate of drug-likeness (QED) is 0.692. The zero-order chi connectivity index (χ0) is 14.7. The molecule has 0 fully saturated rings. The van der Waals surface area contributed by atoms with Crippen molar-refractivity contribution in [3.63, 3.8) is 0 Å². The lowest BCUT2D eigenvalue weighted by Crippen LogP contribution is -2.13. The summed E-state index contributed by atoms with van der Waals surface area (Å²) in [5.41, 5.74) is -0.873. The molecule has 0 saturated carbocycles. The number of nitro groups is 1. The fourth-order valence-corrected chi connectivity index (χ4v) is 1.57. The highest BCUT2D eigenvalue weighted by Gasteiger charge is 2.20. The number of carbonyl (C=O) groups excluding carboxylic acids is 1. The minimum atomic E-state index is -1.35. The van der Waals surface area contributed by atoms with Crippen LogP contribution in [0.1, 0.15) is 10.4 Å². The van der Waals surface area contributed by atoms with Gasteiger partial charge in [0.15, 0.2) is 11.6 Å². The Kier molecular flexibility index (Phi) is 3.69. The van der Waals surface area contributed by atoms with Crippen molar-refractivity contribution in [1.82, 2.24) is 0 Å². The Morgan fingerprint density at radius 2 is 1.70 bits per heavy atom. The van der Waals surface area contributed by atoms with Gasteiger partial charge in [-0.1, -0.05) is 18.2 Å². The summed E-state index contributed by atoms with van der Waals surface area (Å²) in [5, 5.41) is 13.0. The molecule has 0 heterocycles. The van der Waals surface area contributed by atoms with Crippen LogP contribution in [0.5, 0.6) is 0 Å². The molecule has 0 radical (unpaired) electrons. The van der Waals surface area contributed by atoms with Crippen LogP contribution in [0, 0.1) is 21.7 Å². The van der Waals surface area contributed by atoms with Crippen molar-refractivity contribution in [3.8, 4) is 0 Å². The number of rotatable bonds is 3. The molecule has 0 spiro atoms. The molecule has 0 aliphatic rings. The second-order valence-corrected chi connectivity index (χ2v) is 3.86. The van der Waals surface area contributed by atoms with Gasteiger partial charge >= 0.3 is 0 Å². The molecule has 0 unspecified atom stereocenters. The molecular formula is C13H8F2N2O3. The molecule has 102 valence electrons. The highest BCUT2D eigenvalue weighted by molar-refractivity contribution is 6.05. The van der Waals surface area contributed by atoms with E-state index in [1.54, 1.807) is 18.2 Å². The maximum Gasteiger partial charge on any atom is 0.295 e. The molecule has 5 nitrogen and oxygen atoms in total. The minimum absolute atomic E-state index is 0.242. The first-order valence-corrected chi connectivity index (χ1v) is 5.49. The number of nitrogens with one attached hydrogen (secondary N) is 1. The number of anilines is 1. The summed E-state index contributed by atoms with van der Waals surface area (Å²) in [7, 11) is 0. The molecule has 1 N–H and O–H groups in total. The smallest absolute Gasteiger partial charge is 0.295 e. The van der Waals surface area contributed by atoms with Crippen molar-refractivity contribution in [1.29, 1.82) is 0 Å². The van der Waals surface area contributed by atoms with Crippen LogP contribution < -0.4 is 5.32 Å². The van der Waals surface area contributed by atoms with Crippen LogP contribution in [0.25, 0.3) is 0 Å². The third kappa shape index (κ3) is 2.77. The van der Waals surface area contributed by atoms with E-state index < -0.39 is 33.8 Å². The van der Waals surface area contributed by atoms with Gasteiger partial charge in [0.05, 0.1) is 11.0 Å². The Hall–Kier alpha value is -2.83. The highest BCUT2D eigenvalue weighted by atomic mass is 19.2. The predicted octanol–water partition coefficient (Wildman–Crippen LogP) is 3.13. The summed E-state index contributed by atoms with van der Waals surface area (Å²) in [6.07, 6.45) is 0. The molecule has 7 heteroatoms. The zero-order valence-electron chi connectivity index (χ0n) is 9.97. The predicted molar refractivity (Wildman–Crippen MR) is 67.4 cm³/mol. The van der Waals surface area contributed by atoms with E-state index >= 15 is 0 Å². The third-order valence-corrected chi connectivity index (χ3v) is 2.52. The Morgan fingerprint density at radius 1 is 1.10 bits per heavy atom. The van der Waals surface area contributed by atoms with Crippen LogP contribution in [0.4, 0.5) is 20.2 Å². The van der Waals surface area contributed by atoms with Crippen molar-refractivity contribution < 1.29 is 18.5 Å². The summed E-state index contributed by atoms with van der Waals surface area (Å²) in [5.74, 6) is -3.28. The van der Waals surface area contributed by atoms with Crippen molar-refractivity contribution in [2.45, 2.75) is 0 Å². The molecule has 1 amide bonds. The van der Waals surface area contributed by atoms with E-state index in [2.05, 4.69) is 5.32 Å².